The summed E-state index contributed by atoms with van der Waals surface area (Å²) in [5, 5.41) is 13.0. The second-order valence-electron chi connectivity index (χ2n) is 5.48. The Hall–Kier alpha value is -2.24. The van der Waals surface area contributed by atoms with Crippen LogP contribution in [-0.2, 0) is 6.42 Å². The van der Waals surface area contributed by atoms with Crippen molar-refractivity contribution in [3.05, 3.63) is 75.8 Å². The topological polar surface area (TPSA) is 54.9 Å². The van der Waals surface area contributed by atoms with Gasteiger partial charge in [-0.1, -0.05) is 60.2 Å². The van der Waals surface area contributed by atoms with Crippen LogP contribution in [0.15, 0.2) is 54.6 Å². The molecular weight excluding hydrogens is 342 g/mol. The fourth-order valence-corrected chi connectivity index (χ4v) is 3.31. The third kappa shape index (κ3) is 4.19. The summed E-state index contributed by atoms with van der Waals surface area (Å²) in [6.45, 7) is 2.16. The number of aromatic nitrogens is 2. The Morgan fingerprint density at radius 2 is 1.83 bits per heavy atom. The second-order valence-corrected chi connectivity index (χ2v) is 6.98. The third-order valence-electron chi connectivity index (χ3n) is 3.64. The zero-order chi connectivity index (χ0) is 16.9. The van der Waals surface area contributed by atoms with Crippen LogP contribution in [0.5, 0.6) is 0 Å². The average molecular weight is 358 g/mol. The van der Waals surface area contributed by atoms with E-state index in [1.54, 1.807) is 24.3 Å². The minimum atomic E-state index is -0.217. The maximum absolute atomic E-state index is 12.2. The lowest BCUT2D eigenvalue weighted by molar-refractivity contribution is 0.102. The van der Waals surface area contributed by atoms with Crippen molar-refractivity contribution in [2.45, 2.75) is 19.3 Å². The molecule has 1 atom stereocenters. The molecule has 0 spiro atoms. The van der Waals surface area contributed by atoms with Crippen molar-refractivity contribution < 1.29 is 4.79 Å². The van der Waals surface area contributed by atoms with Gasteiger partial charge in [-0.25, -0.2) is 0 Å². The molecule has 24 heavy (non-hydrogen) atoms. The van der Waals surface area contributed by atoms with E-state index >= 15 is 0 Å². The molecule has 0 aliphatic heterocycles. The quantitative estimate of drug-likeness (QED) is 0.714. The maximum Gasteiger partial charge on any atom is 0.257 e. The normalized spacial score (nSPS) is 11.9. The molecule has 0 radical (unpaired) electrons. The molecule has 0 saturated carbocycles. The first-order chi connectivity index (χ1) is 11.6. The zero-order valence-corrected chi connectivity index (χ0v) is 14.6. The van der Waals surface area contributed by atoms with Gasteiger partial charge in [0.05, 0.1) is 0 Å². The zero-order valence-electron chi connectivity index (χ0n) is 13.1. The number of anilines is 1. The number of amides is 1. The molecule has 0 bridgehead atoms. The summed E-state index contributed by atoms with van der Waals surface area (Å²) in [7, 11) is 0. The first kappa shape index (κ1) is 16.6. The van der Waals surface area contributed by atoms with Crippen molar-refractivity contribution >= 4 is 34.0 Å². The summed E-state index contributed by atoms with van der Waals surface area (Å²) in [5.74, 6) is 0.129. The van der Waals surface area contributed by atoms with Crippen molar-refractivity contribution in [2.75, 3.05) is 5.32 Å². The van der Waals surface area contributed by atoms with E-state index in [2.05, 4.69) is 34.6 Å². The molecule has 3 aromatic rings. The van der Waals surface area contributed by atoms with Gasteiger partial charge in [0.2, 0.25) is 5.13 Å². The molecule has 0 aliphatic carbocycles. The standard InChI is InChI=1S/C18H16ClN3OS/c1-12(13-5-3-2-4-6-13)11-16-21-22-18(24-16)20-17(23)14-7-9-15(19)10-8-14/h2-10,12H,11H2,1H3,(H,20,22,23). The molecule has 2 aromatic carbocycles. The van der Waals surface area contributed by atoms with Gasteiger partial charge in [0.25, 0.3) is 5.91 Å². The number of hydrogen-bond acceptors (Lipinski definition) is 4. The van der Waals surface area contributed by atoms with Crippen molar-refractivity contribution in [1.29, 1.82) is 0 Å². The van der Waals surface area contributed by atoms with Gasteiger partial charge in [0, 0.05) is 17.0 Å². The van der Waals surface area contributed by atoms with Crippen LogP contribution in [0.2, 0.25) is 5.02 Å². The van der Waals surface area contributed by atoms with Crippen molar-refractivity contribution in [3.63, 3.8) is 0 Å². The van der Waals surface area contributed by atoms with Crippen LogP contribution < -0.4 is 5.32 Å². The van der Waals surface area contributed by atoms with Crippen molar-refractivity contribution in [2.24, 2.45) is 0 Å². The SMILES string of the molecule is CC(Cc1nnc(NC(=O)c2ccc(Cl)cc2)s1)c1ccccc1. The number of benzene rings is 2. The Bertz CT molecular complexity index is 818. The van der Waals surface area contributed by atoms with E-state index in [4.69, 9.17) is 11.6 Å². The van der Waals surface area contributed by atoms with E-state index in [0.717, 1.165) is 11.4 Å². The number of halogens is 1. The van der Waals surface area contributed by atoms with Gasteiger partial charge in [-0.3, -0.25) is 10.1 Å². The predicted molar refractivity (Wildman–Crippen MR) is 97.9 cm³/mol. The predicted octanol–water partition coefficient (Wildman–Crippen LogP) is 4.79. The smallest absolute Gasteiger partial charge is 0.257 e. The second kappa shape index (κ2) is 7.55. The monoisotopic (exact) mass is 357 g/mol. The highest BCUT2D eigenvalue weighted by Gasteiger charge is 2.13. The van der Waals surface area contributed by atoms with E-state index in [0.29, 0.717) is 21.6 Å². The van der Waals surface area contributed by atoms with Crippen LogP contribution in [-0.4, -0.2) is 16.1 Å². The van der Waals surface area contributed by atoms with Crippen LogP contribution in [0, 0.1) is 0 Å². The van der Waals surface area contributed by atoms with Gasteiger partial charge in [-0.05, 0) is 35.7 Å². The van der Waals surface area contributed by atoms with Crippen LogP contribution in [0.3, 0.4) is 0 Å². The molecule has 3 rings (SSSR count). The number of carbonyl (C=O) groups is 1. The van der Waals surface area contributed by atoms with E-state index in [1.807, 2.05) is 18.2 Å². The number of nitrogens with one attached hydrogen (secondary N) is 1. The van der Waals surface area contributed by atoms with E-state index < -0.39 is 0 Å². The summed E-state index contributed by atoms with van der Waals surface area (Å²) in [5.41, 5.74) is 1.80. The highest BCUT2D eigenvalue weighted by atomic mass is 35.5. The highest BCUT2D eigenvalue weighted by Crippen LogP contribution is 2.24. The van der Waals surface area contributed by atoms with Gasteiger partial charge in [0.15, 0.2) is 0 Å². The molecule has 1 heterocycles. The highest BCUT2D eigenvalue weighted by molar-refractivity contribution is 7.15. The molecule has 4 nitrogen and oxygen atoms in total. The maximum atomic E-state index is 12.2. The largest absolute Gasteiger partial charge is 0.296 e. The molecule has 1 unspecified atom stereocenters. The molecule has 6 heteroatoms. The van der Waals surface area contributed by atoms with Crippen molar-refractivity contribution in [1.82, 2.24) is 10.2 Å². The van der Waals surface area contributed by atoms with E-state index in [-0.39, 0.29) is 5.91 Å². The van der Waals surface area contributed by atoms with E-state index in [1.165, 1.54) is 16.9 Å². The van der Waals surface area contributed by atoms with Crippen LogP contribution in [0.1, 0.15) is 33.8 Å². The molecule has 1 amide bonds. The number of nitrogens with zero attached hydrogens (tertiary/aromatic N) is 2. The lowest BCUT2D eigenvalue weighted by Crippen LogP contribution is -2.11. The Morgan fingerprint density at radius 3 is 2.54 bits per heavy atom. The summed E-state index contributed by atoms with van der Waals surface area (Å²) < 4.78 is 0. The minimum absolute atomic E-state index is 0.217. The minimum Gasteiger partial charge on any atom is -0.296 e. The van der Waals surface area contributed by atoms with Gasteiger partial charge in [-0.15, -0.1) is 10.2 Å². The molecule has 1 N–H and O–H groups in total. The van der Waals surface area contributed by atoms with Gasteiger partial charge < -0.3 is 0 Å². The van der Waals surface area contributed by atoms with Crippen LogP contribution in [0.25, 0.3) is 0 Å². The molecule has 0 aliphatic rings. The number of hydrogen-bond donors (Lipinski definition) is 1. The van der Waals surface area contributed by atoms with Crippen molar-refractivity contribution in [3.8, 4) is 0 Å². The first-order valence-corrected chi connectivity index (χ1v) is 8.75. The van der Waals surface area contributed by atoms with Gasteiger partial charge in [0.1, 0.15) is 5.01 Å². The number of rotatable bonds is 5. The van der Waals surface area contributed by atoms with Crippen LogP contribution in [0.4, 0.5) is 5.13 Å². The van der Waals surface area contributed by atoms with Gasteiger partial charge in [-0.2, -0.15) is 0 Å². The Morgan fingerprint density at radius 1 is 1.12 bits per heavy atom. The summed E-state index contributed by atoms with van der Waals surface area (Å²) in [6, 6.07) is 17.0. The lowest BCUT2D eigenvalue weighted by Gasteiger charge is -2.08. The van der Waals surface area contributed by atoms with E-state index in [9.17, 15) is 4.79 Å². The molecule has 0 saturated heterocycles. The lowest BCUT2D eigenvalue weighted by atomic mass is 9.98. The Kier molecular flexibility index (Phi) is 5.23. The summed E-state index contributed by atoms with van der Waals surface area (Å²) in [4.78, 5) is 12.2. The summed E-state index contributed by atoms with van der Waals surface area (Å²) in [6.07, 6.45) is 0.790. The third-order valence-corrected chi connectivity index (χ3v) is 4.76. The molecule has 0 fully saturated rings. The Balaban J connectivity index is 1.63. The summed E-state index contributed by atoms with van der Waals surface area (Å²) >= 11 is 7.23. The fraction of sp³-hybridized carbons (Fsp3) is 0.167. The molecule has 1 aromatic heterocycles. The Labute approximate surface area is 149 Å². The number of carbonyl (C=O) groups excluding carboxylic acids is 1. The van der Waals surface area contributed by atoms with Gasteiger partial charge >= 0.3 is 0 Å². The van der Waals surface area contributed by atoms with Crippen LogP contribution >= 0.6 is 22.9 Å². The molecular formula is C18H16ClN3OS. The first-order valence-electron chi connectivity index (χ1n) is 7.56. The molecule has 122 valence electrons. The average Bonchev–Trinajstić information content (AvgIpc) is 3.03. The fourth-order valence-electron chi connectivity index (χ4n) is 2.32.